The van der Waals surface area contributed by atoms with Gasteiger partial charge in [0, 0.05) is 12.2 Å². The fourth-order valence-corrected chi connectivity index (χ4v) is 3.71. The van der Waals surface area contributed by atoms with E-state index in [1.54, 1.807) is 4.90 Å². The third-order valence-corrected chi connectivity index (χ3v) is 5.09. The second kappa shape index (κ2) is 9.52. The molecule has 7 nitrogen and oxygen atoms in total. The topological polar surface area (TPSA) is 88.1 Å². The summed E-state index contributed by atoms with van der Waals surface area (Å²) in [5, 5.41) is 12.4. The number of ether oxygens (including phenoxy) is 2. The van der Waals surface area contributed by atoms with Gasteiger partial charge in [-0.1, -0.05) is 17.7 Å². The minimum Gasteiger partial charge on any atom is -0.490 e. The first-order valence-corrected chi connectivity index (χ1v) is 10.2. The third-order valence-electron chi connectivity index (χ3n) is 5.09. The van der Waals surface area contributed by atoms with Gasteiger partial charge in [-0.25, -0.2) is 4.79 Å². The summed E-state index contributed by atoms with van der Waals surface area (Å²) in [6.45, 7) is 7.14. The van der Waals surface area contributed by atoms with E-state index < -0.39 is 12.0 Å². The molecule has 0 saturated carbocycles. The van der Waals surface area contributed by atoms with Gasteiger partial charge in [-0.2, -0.15) is 0 Å². The molecule has 160 valence electrons. The zero-order chi connectivity index (χ0) is 21.7. The van der Waals surface area contributed by atoms with Crippen LogP contribution in [0.3, 0.4) is 0 Å². The van der Waals surface area contributed by atoms with Crippen molar-refractivity contribution in [1.29, 1.82) is 0 Å². The molecule has 1 heterocycles. The Balaban J connectivity index is 1.93. The molecular formula is C23H28N2O5. The molecule has 3 rings (SSSR count). The number of nitrogens with one attached hydrogen (secondary N) is 1. The Hall–Kier alpha value is -3.22. The fourth-order valence-electron chi connectivity index (χ4n) is 3.71. The van der Waals surface area contributed by atoms with E-state index in [9.17, 15) is 14.7 Å². The first-order valence-electron chi connectivity index (χ1n) is 10.2. The molecule has 1 aliphatic heterocycles. The predicted molar refractivity (Wildman–Crippen MR) is 114 cm³/mol. The number of aliphatic carboxylic acids is 1. The molecule has 0 saturated heterocycles. The van der Waals surface area contributed by atoms with Crippen molar-refractivity contribution in [2.24, 2.45) is 0 Å². The SMILES string of the molecule is CCOc1cc2c(cc1OCC)C(CC(=O)O)N(C(=O)Nc1ccc(C)cc1)CC2. The van der Waals surface area contributed by atoms with Crippen LogP contribution in [0.1, 0.15) is 43.0 Å². The van der Waals surface area contributed by atoms with E-state index in [2.05, 4.69) is 5.32 Å². The molecule has 30 heavy (non-hydrogen) atoms. The quantitative estimate of drug-likeness (QED) is 0.704. The van der Waals surface area contributed by atoms with Crippen molar-refractivity contribution in [2.75, 3.05) is 25.1 Å². The lowest BCUT2D eigenvalue weighted by atomic mass is 9.90. The highest BCUT2D eigenvalue weighted by molar-refractivity contribution is 5.90. The molecule has 2 N–H and O–H groups in total. The van der Waals surface area contributed by atoms with E-state index in [0.29, 0.717) is 43.4 Å². The highest BCUT2D eigenvalue weighted by atomic mass is 16.5. The Morgan fingerprint density at radius 2 is 1.73 bits per heavy atom. The molecule has 1 unspecified atom stereocenters. The van der Waals surface area contributed by atoms with Crippen molar-refractivity contribution in [3.8, 4) is 11.5 Å². The van der Waals surface area contributed by atoms with Gasteiger partial charge in [-0.05, 0) is 62.6 Å². The zero-order valence-corrected chi connectivity index (χ0v) is 17.6. The molecule has 2 aromatic carbocycles. The average molecular weight is 412 g/mol. The maximum Gasteiger partial charge on any atom is 0.322 e. The van der Waals surface area contributed by atoms with Crippen LogP contribution in [-0.2, 0) is 11.2 Å². The summed E-state index contributed by atoms with van der Waals surface area (Å²) in [5.41, 5.74) is 3.53. The Bertz CT molecular complexity index is 911. The van der Waals surface area contributed by atoms with Gasteiger partial charge in [0.25, 0.3) is 0 Å². The van der Waals surface area contributed by atoms with E-state index in [1.165, 1.54) is 0 Å². The highest BCUT2D eigenvalue weighted by Gasteiger charge is 2.34. The van der Waals surface area contributed by atoms with Crippen molar-refractivity contribution in [2.45, 2.75) is 39.7 Å². The van der Waals surface area contributed by atoms with Crippen molar-refractivity contribution >= 4 is 17.7 Å². The van der Waals surface area contributed by atoms with Crippen LogP contribution in [0.4, 0.5) is 10.5 Å². The number of amides is 2. The molecule has 0 aliphatic carbocycles. The summed E-state index contributed by atoms with van der Waals surface area (Å²) in [5.74, 6) is 0.242. The number of hydrogen-bond donors (Lipinski definition) is 2. The largest absolute Gasteiger partial charge is 0.490 e. The zero-order valence-electron chi connectivity index (χ0n) is 17.6. The summed E-state index contributed by atoms with van der Waals surface area (Å²) < 4.78 is 11.4. The van der Waals surface area contributed by atoms with Crippen LogP contribution < -0.4 is 14.8 Å². The molecular weight excluding hydrogens is 384 g/mol. The minimum absolute atomic E-state index is 0.187. The lowest BCUT2D eigenvalue weighted by Crippen LogP contribution is -2.43. The van der Waals surface area contributed by atoms with Crippen molar-refractivity contribution in [1.82, 2.24) is 4.90 Å². The van der Waals surface area contributed by atoms with Crippen LogP contribution in [0, 0.1) is 6.92 Å². The summed E-state index contributed by atoms with van der Waals surface area (Å²) in [4.78, 5) is 26.2. The van der Waals surface area contributed by atoms with Gasteiger partial charge in [0.2, 0.25) is 0 Å². The second-order valence-electron chi connectivity index (χ2n) is 7.22. The van der Waals surface area contributed by atoms with E-state index >= 15 is 0 Å². The number of rotatable bonds is 7. The molecule has 0 aromatic heterocycles. The number of benzene rings is 2. The van der Waals surface area contributed by atoms with Crippen molar-refractivity contribution < 1.29 is 24.2 Å². The molecule has 1 atom stereocenters. The molecule has 2 aromatic rings. The maximum atomic E-state index is 13.0. The lowest BCUT2D eigenvalue weighted by molar-refractivity contribution is -0.138. The minimum atomic E-state index is -0.965. The smallest absolute Gasteiger partial charge is 0.322 e. The number of carboxylic acid groups (broad SMARTS) is 1. The molecule has 1 aliphatic rings. The number of carbonyl (C=O) groups is 2. The molecule has 0 radical (unpaired) electrons. The number of carboxylic acids is 1. The number of hydrogen-bond acceptors (Lipinski definition) is 4. The third kappa shape index (κ3) is 4.84. The second-order valence-corrected chi connectivity index (χ2v) is 7.22. The summed E-state index contributed by atoms with van der Waals surface area (Å²) in [7, 11) is 0. The van der Waals surface area contributed by atoms with Gasteiger partial charge in [0.05, 0.1) is 25.7 Å². The van der Waals surface area contributed by atoms with Gasteiger partial charge in [-0.3, -0.25) is 4.79 Å². The molecule has 0 bridgehead atoms. The van der Waals surface area contributed by atoms with Crippen LogP contribution >= 0.6 is 0 Å². The Kier molecular flexibility index (Phi) is 6.82. The van der Waals surface area contributed by atoms with Gasteiger partial charge < -0.3 is 24.8 Å². The van der Waals surface area contributed by atoms with Crippen LogP contribution in [0.2, 0.25) is 0 Å². The fraction of sp³-hybridized carbons (Fsp3) is 0.391. The number of aryl methyl sites for hydroxylation is 1. The highest BCUT2D eigenvalue weighted by Crippen LogP contribution is 2.40. The van der Waals surface area contributed by atoms with Crippen LogP contribution in [0.5, 0.6) is 11.5 Å². The van der Waals surface area contributed by atoms with Crippen LogP contribution in [0.25, 0.3) is 0 Å². The number of fused-ring (bicyclic) bond motifs is 1. The first kappa shape index (κ1) is 21.5. The van der Waals surface area contributed by atoms with Gasteiger partial charge in [0.1, 0.15) is 0 Å². The van der Waals surface area contributed by atoms with E-state index in [4.69, 9.17) is 9.47 Å². The maximum absolute atomic E-state index is 13.0. The Morgan fingerprint density at radius 3 is 2.33 bits per heavy atom. The Labute approximate surface area is 176 Å². The van der Waals surface area contributed by atoms with E-state index in [-0.39, 0.29) is 12.5 Å². The number of nitrogens with zero attached hydrogens (tertiary/aromatic N) is 1. The number of carbonyl (C=O) groups excluding carboxylic acids is 1. The van der Waals surface area contributed by atoms with Gasteiger partial charge >= 0.3 is 12.0 Å². The van der Waals surface area contributed by atoms with E-state index in [1.807, 2.05) is 57.2 Å². The Morgan fingerprint density at radius 1 is 1.10 bits per heavy atom. The van der Waals surface area contributed by atoms with Crippen molar-refractivity contribution in [3.63, 3.8) is 0 Å². The molecule has 0 spiro atoms. The summed E-state index contributed by atoms with van der Waals surface area (Å²) in [6, 6.07) is 10.3. The normalized spacial score (nSPS) is 15.3. The van der Waals surface area contributed by atoms with Crippen LogP contribution in [0.15, 0.2) is 36.4 Å². The average Bonchev–Trinajstić information content (AvgIpc) is 2.70. The van der Waals surface area contributed by atoms with Crippen molar-refractivity contribution in [3.05, 3.63) is 53.1 Å². The van der Waals surface area contributed by atoms with Gasteiger partial charge in [0.15, 0.2) is 11.5 Å². The lowest BCUT2D eigenvalue weighted by Gasteiger charge is -2.37. The number of anilines is 1. The van der Waals surface area contributed by atoms with Crippen LogP contribution in [-0.4, -0.2) is 41.8 Å². The first-order chi connectivity index (χ1) is 14.4. The summed E-state index contributed by atoms with van der Waals surface area (Å²) in [6.07, 6.45) is 0.424. The van der Waals surface area contributed by atoms with E-state index in [0.717, 1.165) is 16.7 Å². The monoisotopic (exact) mass is 412 g/mol. The molecule has 0 fully saturated rings. The molecule has 2 amide bonds. The standard InChI is InChI=1S/C23H28N2O5/c1-4-29-20-12-16-10-11-25(23(28)24-17-8-6-15(3)7-9-17)19(14-22(26)27)18(16)13-21(20)30-5-2/h6-9,12-13,19H,4-5,10-11,14H2,1-3H3,(H,24,28)(H,26,27). The van der Waals surface area contributed by atoms with Gasteiger partial charge in [-0.15, -0.1) is 0 Å². The molecule has 7 heteroatoms. The predicted octanol–water partition coefficient (Wildman–Crippen LogP) is 4.40. The number of urea groups is 1. The summed E-state index contributed by atoms with van der Waals surface area (Å²) >= 11 is 0.